The van der Waals surface area contributed by atoms with Crippen LogP contribution in [-0.2, 0) is 17.5 Å². The second kappa shape index (κ2) is 8.60. The van der Waals surface area contributed by atoms with Crippen molar-refractivity contribution in [1.29, 1.82) is 0 Å². The maximum Gasteiger partial charge on any atom is 0.416 e. The summed E-state index contributed by atoms with van der Waals surface area (Å²) in [5.41, 5.74) is 4.84. The quantitative estimate of drug-likeness (QED) is 0.808. The first-order valence-corrected chi connectivity index (χ1v) is 6.94. The van der Waals surface area contributed by atoms with Crippen molar-refractivity contribution in [2.24, 2.45) is 5.73 Å². The molecule has 0 spiro atoms. The summed E-state index contributed by atoms with van der Waals surface area (Å²) in [5, 5.41) is 2.44. The minimum atomic E-state index is -4.46. The molecular weight excluding hydrogens is 373 g/mol. The van der Waals surface area contributed by atoms with Crippen molar-refractivity contribution in [2.75, 3.05) is 0 Å². The van der Waals surface area contributed by atoms with Gasteiger partial charge in [-0.1, -0.05) is 35.3 Å². The van der Waals surface area contributed by atoms with Crippen LogP contribution < -0.4 is 11.1 Å². The predicted molar refractivity (Wildman–Crippen MR) is 81.1 cm³/mol. The van der Waals surface area contributed by atoms with Crippen LogP contribution in [0.5, 0.6) is 0 Å². The number of amides is 1. The lowest BCUT2D eigenvalue weighted by Gasteiger charge is -2.15. The van der Waals surface area contributed by atoms with E-state index in [4.69, 9.17) is 5.73 Å². The first-order valence-electron chi connectivity index (χ1n) is 6.14. The molecule has 0 fully saturated rings. The highest BCUT2D eigenvalue weighted by molar-refractivity contribution is 9.10. The lowest BCUT2D eigenvalue weighted by atomic mass is 10.1. The first-order chi connectivity index (χ1) is 9.25. The van der Waals surface area contributed by atoms with Gasteiger partial charge in [0.05, 0.1) is 11.6 Å². The Bertz CT molecular complexity index is 483. The standard InChI is InChI=1S/C13H16BrF3N2O.ClH/c1-2-3-11(18)12(20)19-7-8-4-5-9(14)6-10(8)13(15,16)17;/h4-6,11H,2-3,7,18H2,1H3,(H,19,20);1H. The van der Waals surface area contributed by atoms with Crippen LogP contribution in [0.4, 0.5) is 13.2 Å². The molecular formula is C13H17BrClF3N2O. The largest absolute Gasteiger partial charge is 0.416 e. The van der Waals surface area contributed by atoms with E-state index in [0.29, 0.717) is 10.9 Å². The third-order valence-electron chi connectivity index (χ3n) is 2.77. The van der Waals surface area contributed by atoms with E-state index in [-0.39, 0.29) is 24.5 Å². The number of nitrogens with one attached hydrogen (secondary N) is 1. The van der Waals surface area contributed by atoms with Crippen molar-refractivity contribution in [3.63, 3.8) is 0 Å². The Morgan fingerprint density at radius 3 is 2.57 bits per heavy atom. The van der Waals surface area contributed by atoms with Crippen molar-refractivity contribution in [2.45, 2.75) is 38.5 Å². The molecule has 0 saturated carbocycles. The molecule has 1 amide bonds. The predicted octanol–water partition coefficient (Wildman–Crippen LogP) is 3.63. The Morgan fingerprint density at radius 1 is 1.43 bits per heavy atom. The van der Waals surface area contributed by atoms with Crippen LogP contribution in [0.25, 0.3) is 0 Å². The second-order valence-electron chi connectivity index (χ2n) is 4.41. The molecule has 3 N–H and O–H groups in total. The van der Waals surface area contributed by atoms with E-state index in [1.165, 1.54) is 12.1 Å². The number of rotatable bonds is 5. The minimum absolute atomic E-state index is 0. The summed E-state index contributed by atoms with van der Waals surface area (Å²) in [6.07, 6.45) is -3.23. The van der Waals surface area contributed by atoms with E-state index in [0.717, 1.165) is 12.5 Å². The van der Waals surface area contributed by atoms with Gasteiger partial charge in [0.1, 0.15) is 0 Å². The van der Waals surface area contributed by atoms with Crippen molar-refractivity contribution in [3.8, 4) is 0 Å². The average molecular weight is 390 g/mol. The SMILES string of the molecule is CCCC(N)C(=O)NCc1ccc(Br)cc1C(F)(F)F.Cl. The maximum atomic E-state index is 12.9. The Hall–Kier alpha value is -0.790. The van der Waals surface area contributed by atoms with Gasteiger partial charge >= 0.3 is 6.18 Å². The molecule has 1 aromatic carbocycles. The zero-order valence-corrected chi connectivity index (χ0v) is 13.7. The molecule has 1 atom stereocenters. The summed E-state index contributed by atoms with van der Waals surface area (Å²) >= 11 is 3.01. The number of alkyl halides is 3. The molecule has 21 heavy (non-hydrogen) atoms. The minimum Gasteiger partial charge on any atom is -0.351 e. The average Bonchev–Trinajstić information content (AvgIpc) is 2.36. The molecule has 3 nitrogen and oxygen atoms in total. The molecule has 0 aromatic heterocycles. The van der Waals surface area contributed by atoms with Gasteiger partial charge in [0.2, 0.25) is 5.91 Å². The summed E-state index contributed by atoms with van der Waals surface area (Å²) in [4.78, 5) is 11.6. The fraction of sp³-hybridized carbons (Fsp3) is 0.462. The van der Waals surface area contributed by atoms with Crippen LogP contribution in [0.2, 0.25) is 0 Å². The van der Waals surface area contributed by atoms with Crippen molar-refractivity contribution in [1.82, 2.24) is 5.32 Å². The topological polar surface area (TPSA) is 55.1 Å². The van der Waals surface area contributed by atoms with Gasteiger partial charge < -0.3 is 11.1 Å². The van der Waals surface area contributed by atoms with Gasteiger partial charge in [0.15, 0.2) is 0 Å². The molecule has 0 aliphatic carbocycles. The molecule has 0 radical (unpaired) electrons. The van der Waals surface area contributed by atoms with E-state index in [9.17, 15) is 18.0 Å². The van der Waals surface area contributed by atoms with Crippen LogP contribution >= 0.6 is 28.3 Å². The number of hydrogen-bond acceptors (Lipinski definition) is 2. The van der Waals surface area contributed by atoms with E-state index in [1.54, 1.807) is 0 Å². The third kappa shape index (κ3) is 6.23. The molecule has 0 aliphatic rings. The molecule has 8 heteroatoms. The van der Waals surface area contributed by atoms with Gasteiger partial charge in [-0.15, -0.1) is 12.4 Å². The smallest absolute Gasteiger partial charge is 0.351 e. The molecule has 1 rings (SSSR count). The van der Waals surface area contributed by atoms with E-state index < -0.39 is 23.7 Å². The van der Waals surface area contributed by atoms with Gasteiger partial charge in [-0.2, -0.15) is 13.2 Å². The number of nitrogens with two attached hydrogens (primary N) is 1. The second-order valence-corrected chi connectivity index (χ2v) is 5.33. The monoisotopic (exact) mass is 388 g/mol. The lowest BCUT2D eigenvalue weighted by molar-refractivity contribution is -0.138. The Balaban J connectivity index is 0.00000400. The summed E-state index contributed by atoms with van der Waals surface area (Å²) in [5.74, 6) is -0.442. The molecule has 0 aliphatic heterocycles. The number of benzene rings is 1. The fourth-order valence-electron chi connectivity index (χ4n) is 1.72. The van der Waals surface area contributed by atoms with E-state index in [2.05, 4.69) is 21.2 Å². The summed E-state index contributed by atoms with van der Waals surface area (Å²) in [6, 6.07) is 3.14. The third-order valence-corrected chi connectivity index (χ3v) is 3.26. The first kappa shape index (κ1) is 20.2. The lowest BCUT2D eigenvalue weighted by Crippen LogP contribution is -2.40. The highest BCUT2D eigenvalue weighted by atomic mass is 79.9. The normalized spacial score (nSPS) is 12.5. The number of carbonyl (C=O) groups is 1. The Morgan fingerprint density at radius 2 is 2.05 bits per heavy atom. The van der Waals surface area contributed by atoms with Crippen molar-refractivity contribution >= 4 is 34.2 Å². The van der Waals surface area contributed by atoms with E-state index in [1.807, 2.05) is 6.92 Å². The number of halogens is 5. The van der Waals surface area contributed by atoms with Crippen LogP contribution in [0.1, 0.15) is 30.9 Å². The van der Waals surface area contributed by atoms with Gasteiger partial charge in [-0.25, -0.2) is 0 Å². The highest BCUT2D eigenvalue weighted by Crippen LogP contribution is 2.33. The number of hydrogen-bond donors (Lipinski definition) is 2. The van der Waals surface area contributed by atoms with Gasteiger partial charge in [0, 0.05) is 11.0 Å². The Kier molecular flexibility index (Phi) is 8.28. The zero-order valence-electron chi connectivity index (χ0n) is 11.3. The molecule has 0 heterocycles. The zero-order chi connectivity index (χ0) is 15.3. The van der Waals surface area contributed by atoms with Crippen LogP contribution in [0.15, 0.2) is 22.7 Å². The fourth-order valence-corrected chi connectivity index (χ4v) is 2.08. The molecule has 1 unspecified atom stereocenters. The molecule has 0 saturated heterocycles. The van der Waals surface area contributed by atoms with Gasteiger partial charge in [0.25, 0.3) is 0 Å². The van der Waals surface area contributed by atoms with Crippen LogP contribution in [-0.4, -0.2) is 11.9 Å². The highest BCUT2D eigenvalue weighted by Gasteiger charge is 2.33. The van der Waals surface area contributed by atoms with Crippen molar-refractivity contribution < 1.29 is 18.0 Å². The molecule has 0 bridgehead atoms. The van der Waals surface area contributed by atoms with Gasteiger partial charge in [-0.3, -0.25) is 4.79 Å². The van der Waals surface area contributed by atoms with Crippen LogP contribution in [0.3, 0.4) is 0 Å². The van der Waals surface area contributed by atoms with Gasteiger partial charge in [-0.05, 0) is 24.1 Å². The molecule has 1 aromatic rings. The maximum absolute atomic E-state index is 12.9. The van der Waals surface area contributed by atoms with Crippen molar-refractivity contribution in [3.05, 3.63) is 33.8 Å². The summed E-state index contributed by atoms with van der Waals surface area (Å²) in [6.45, 7) is 1.68. The Labute approximate surface area is 136 Å². The summed E-state index contributed by atoms with van der Waals surface area (Å²) in [7, 11) is 0. The number of carbonyl (C=O) groups excluding carboxylic acids is 1. The van der Waals surface area contributed by atoms with Crippen LogP contribution in [0, 0.1) is 0 Å². The van der Waals surface area contributed by atoms with E-state index >= 15 is 0 Å². The summed E-state index contributed by atoms with van der Waals surface area (Å²) < 4.78 is 39.0. The molecule has 120 valence electrons.